The van der Waals surface area contributed by atoms with E-state index in [1.807, 2.05) is 18.2 Å². The summed E-state index contributed by atoms with van der Waals surface area (Å²) in [5.41, 5.74) is 1.12. The highest BCUT2D eigenvalue weighted by Gasteiger charge is 2.15. The van der Waals surface area contributed by atoms with Crippen molar-refractivity contribution in [3.05, 3.63) is 29.8 Å². The fourth-order valence-corrected chi connectivity index (χ4v) is 3.32. The van der Waals surface area contributed by atoms with Gasteiger partial charge in [-0.15, -0.1) is 0 Å². The third kappa shape index (κ3) is 6.68. The van der Waals surface area contributed by atoms with Crippen LogP contribution in [0.1, 0.15) is 18.4 Å². The number of morpholine rings is 1. The van der Waals surface area contributed by atoms with E-state index in [2.05, 4.69) is 26.6 Å². The standard InChI is InChI=1S/C20H32N4O3/c1-21-20(23-16-18-6-4-11-26-18)22-15-17-5-2-3-7-19(17)27-14-10-24-8-12-25-13-9-24/h2-3,5,7,18H,4,6,8-16H2,1H3,(H2,21,22,23). The zero-order valence-electron chi connectivity index (χ0n) is 16.3. The van der Waals surface area contributed by atoms with Crippen LogP contribution in [0.15, 0.2) is 29.3 Å². The molecule has 7 heteroatoms. The quantitative estimate of drug-likeness (QED) is 0.526. The number of aliphatic imine (C=N–C) groups is 1. The normalized spacial score (nSPS) is 21.2. The second-order valence-electron chi connectivity index (χ2n) is 6.85. The number of nitrogens with one attached hydrogen (secondary N) is 2. The Morgan fingerprint density at radius 2 is 2.07 bits per heavy atom. The molecule has 0 spiro atoms. The number of rotatable bonds is 8. The summed E-state index contributed by atoms with van der Waals surface area (Å²) in [7, 11) is 1.79. The molecule has 0 radical (unpaired) electrons. The van der Waals surface area contributed by atoms with Crippen LogP contribution in [-0.4, -0.2) is 76.6 Å². The second-order valence-corrected chi connectivity index (χ2v) is 6.85. The van der Waals surface area contributed by atoms with Gasteiger partial charge in [-0.1, -0.05) is 18.2 Å². The predicted molar refractivity (Wildman–Crippen MR) is 106 cm³/mol. The molecular formula is C20H32N4O3. The average molecular weight is 377 g/mol. The van der Waals surface area contributed by atoms with Crippen molar-refractivity contribution in [2.75, 3.05) is 59.7 Å². The van der Waals surface area contributed by atoms with Crippen LogP contribution in [0.4, 0.5) is 0 Å². The molecule has 150 valence electrons. The predicted octanol–water partition coefficient (Wildman–Crippen LogP) is 1.24. The van der Waals surface area contributed by atoms with Crippen molar-refractivity contribution >= 4 is 5.96 Å². The van der Waals surface area contributed by atoms with Gasteiger partial charge in [0.1, 0.15) is 12.4 Å². The maximum atomic E-state index is 6.04. The van der Waals surface area contributed by atoms with Crippen molar-refractivity contribution in [2.45, 2.75) is 25.5 Å². The SMILES string of the molecule is CN=C(NCc1ccccc1OCCN1CCOCC1)NCC1CCCO1. The highest BCUT2D eigenvalue weighted by molar-refractivity contribution is 5.79. The molecule has 0 aliphatic carbocycles. The summed E-state index contributed by atoms with van der Waals surface area (Å²) in [6.45, 7) is 7.54. The van der Waals surface area contributed by atoms with Gasteiger partial charge < -0.3 is 24.8 Å². The van der Waals surface area contributed by atoms with Gasteiger partial charge in [0, 0.05) is 51.9 Å². The lowest BCUT2D eigenvalue weighted by atomic mass is 10.2. The smallest absolute Gasteiger partial charge is 0.191 e. The summed E-state index contributed by atoms with van der Waals surface area (Å²) in [5.74, 6) is 1.71. The lowest BCUT2D eigenvalue weighted by molar-refractivity contribution is 0.0322. The Kier molecular flexibility index (Phi) is 8.20. The number of benzene rings is 1. The van der Waals surface area contributed by atoms with E-state index >= 15 is 0 Å². The largest absolute Gasteiger partial charge is 0.492 e. The van der Waals surface area contributed by atoms with Gasteiger partial charge in [-0.05, 0) is 18.9 Å². The van der Waals surface area contributed by atoms with Crippen molar-refractivity contribution < 1.29 is 14.2 Å². The molecule has 2 heterocycles. The minimum absolute atomic E-state index is 0.291. The van der Waals surface area contributed by atoms with Gasteiger partial charge in [0.15, 0.2) is 5.96 Å². The van der Waals surface area contributed by atoms with Crippen LogP contribution in [0.25, 0.3) is 0 Å². The van der Waals surface area contributed by atoms with Gasteiger partial charge in [-0.3, -0.25) is 9.89 Å². The van der Waals surface area contributed by atoms with E-state index in [1.54, 1.807) is 7.05 Å². The summed E-state index contributed by atoms with van der Waals surface area (Å²) in [4.78, 5) is 6.67. The summed E-state index contributed by atoms with van der Waals surface area (Å²) >= 11 is 0. The minimum atomic E-state index is 0.291. The number of ether oxygens (including phenoxy) is 3. The van der Waals surface area contributed by atoms with Crippen LogP contribution in [-0.2, 0) is 16.0 Å². The first-order chi connectivity index (χ1) is 13.3. The topological polar surface area (TPSA) is 67.4 Å². The van der Waals surface area contributed by atoms with Crippen LogP contribution in [0.5, 0.6) is 5.75 Å². The molecule has 1 atom stereocenters. The molecule has 1 aromatic carbocycles. The molecule has 2 fully saturated rings. The molecule has 0 bridgehead atoms. The Bertz CT molecular complexity index is 584. The number of nitrogens with zero attached hydrogens (tertiary/aromatic N) is 2. The van der Waals surface area contributed by atoms with Gasteiger partial charge >= 0.3 is 0 Å². The van der Waals surface area contributed by atoms with E-state index < -0.39 is 0 Å². The Balaban J connectivity index is 1.43. The minimum Gasteiger partial charge on any atom is -0.492 e. The number of guanidine groups is 1. The molecule has 1 unspecified atom stereocenters. The van der Waals surface area contributed by atoms with Gasteiger partial charge in [-0.25, -0.2) is 0 Å². The van der Waals surface area contributed by atoms with Gasteiger partial charge in [-0.2, -0.15) is 0 Å². The molecule has 2 N–H and O–H groups in total. The molecule has 0 saturated carbocycles. The van der Waals surface area contributed by atoms with E-state index in [0.29, 0.717) is 19.3 Å². The highest BCUT2D eigenvalue weighted by atomic mass is 16.5. The van der Waals surface area contributed by atoms with Crippen LogP contribution in [0.2, 0.25) is 0 Å². The number of hydrogen-bond acceptors (Lipinski definition) is 5. The van der Waals surface area contributed by atoms with E-state index in [-0.39, 0.29) is 0 Å². The summed E-state index contributed by atoms with van der Waals surface area (Å²) in [6.07, 6.45) is 2.55. The molecule has 0 amide bonds. The van der Waals surface area contributed by atoms with Crippen LogP contribution >= 0.6 is 0 Å². The van der Waals surface area contributed by atoms with Gasteiger partial charge in [0.05, 0.1) is 19.3 Å². The molecule has 0 aromatic heterocycles. The van der Waals surface area contributed by atoms with Crippen molar-refractivity contribution in [1.29, 1.82) is 0 Å². The lowest BCUT2D eigenvalue weighted by Gasteiger charge is -2.26. The van der Waals surface area contributed by atoms with Crippen LogP contribution in [0.3, 0.4) is 0 Å². The molecule has 2 saturated heterocycles. The van der Waals surface area contributed by atoms with E-state index in [9.17, 15) is 0 Å². The van der Waals surface area contributed by atoms with Crippen LogP contribution < -0.4 is 15.4 Å². The van der Waals surface area contributed by atoms with Crippen LogP contribution in [0, 0.1) is 0 Å². The number of hydrogen-bond donors (Lipinski definition) is 2. The van der Waals surface area contributed by atoms with Crippen molar-refractivity contribution in [3.63, 3.8) is 0 Å². The Hall–Kier alpha value is -1.83. The fraction of sp³-hybridized carbons (Fsp3) is 0.650. The molecule has 2 aliphatic rings. The maximum absolute atomic E-state index is 6.04. The Morgan fingerprint density at radius 1 is 1.22 bits per heavy atom. The Morgan fingerprint density at radius 3 is 2.85 bits per heavy atom. The summed E-state index contributed by atoms with van der Waals surface area (Å²) in [5, 5.41) is 6.71. The molecule has 7 nitrogen and oxygen atoms in total. The summed E-state index contributed by atoms with van der Waals surface area (Å²) < 4.78 is 17.1. The Labute approximate surface area is 162 Å². The molecule has 2 aliphatic heterocycles. The highest BCUT2D eigenvalue weighted by Crippen LogP contribution is 2.18. The maximum Gasteiger partial charge on any atom is 0.191 e. The lowest BCUT2D eigenvalue weighted by Crippen LogP contribution is -2.40. The molecule has 27 heavy (non-hydrogen) atoms. The molecular weight excluding hydrogens is 344 g/mol. The third-order valence-electron chi connectivity index (χ3n) is 4.93. The van der Waals surface area contributed by atoms with E-state index in [0.717, 1.165) is 76.1 Å². The molecule has 3 rings (SSSR count). The first-order valence-electron chi connectivity index (χ1n) is 9.92. The van der Waals surface area contributed by atoms with Crippen molar-refractivity contribution in [3.8, 4) is 5.75 Å². The van der Waals surface area contributed by atoms with Crippen molar-refractivity contribution in [1.82, 2.24) is 15.5 Å². The van der Waals surface area contributed by atoms with Gasteiger partial charge in [0.2, 0.25) is 0 Å². The number of para-hydroxylation sites is 1. The average Bonchev–Trinajstić information content (AvgIpc) is 3.23. The van der Waals surface area contributed by atoms with Crippen molar-refractivity contribution in [2.24, 2.45) is 4.99 Å². The van der Waals surface area contributed by atoms with E-state index in [1.165, 1.54) is 0 Å². The van der Waals surface area contributed by atoms with E-state index in [4.69, 9.17) is 14.2 Å². The first-order valence-corrected chi connectivity index (χ1v) is 9.92. The fourth-order valence-electron chi connectivity index (χ4n) is 3.32. The van der Waals surface area contributed by atoms with Gasteiger partial charge in [0.25, 0.3) is 0 Å². The summed E-state index contributed by atoms with van der Waals surface area (Å²) in [6, 6.07) is 8.16. The second kappa shape index (κ2) is 11.1. The molecule has 1 aromatic rings. The monoisotopic (exact) mass is 376 g/mol. The first kappa shape index (κ1) is 19.9. The zero-order valence-corrected chi connectivity index (χ0v) is 16.3. The third-order valence-corrected chi connectivity index (χ3v) is 4.93. The zero-order chi connectivity index (χ0) is 18.7.